The second-order valence-electron chi connectivity index (χ2n) is 9.54. The molecule has 0 amide bonds. The number of anilines is 1. The van der Waals surface area contributed by atoms with Crippen LogP contribution in [0.1, 0.15) is 79.7 Å². The minimum atomic E-state index is -1.80. The SMILES string of the molecule is CCC(CC)CCCNc1nc(-c2cc(C(O)O)ccc2C#N)c2c(n1)C(c1c(F)cccc1F)C(=O)C=C2. The fourth-order valence-electron chi connectivity index (χ4n) is 4.92. The van der Waals surface area contributed by atoms with Gasteiger partial charge in [-0.2, -0.15) is 5.26 Å². The summed E-state index contributed by atoms with van der Waals surface area (Å²) >= 11 is 0. The molecule has 1 heterocycles. The van der Waals surface area contributed by atoms with Gasteiger partial charge in [0.2, 0.25) is 5.95 Å². The van der Waals surface area contributed by atoms with Crippen LogP contribution in [0.2, 0.25) is 0 Å². The van der Waals surface area contributed by atoms with E-state index in [1.165, 1.54) is 36.4 Å². The number of nitrogens with zero attached hydrogens (tertiary/aromatic N) is 3. The average Bonchev–Trinajstić information content (AvgIpc) is 2.93. The number of carbonyl (C=O) groups is 1. The number of carbonyl (C=O) groups excluding carboxylic acids is 1. The van der Waals surface area contributed by atoms with Crippen molar-refractivity contribution < 1.29 is 23.8 Å². The molecule has 0 radical (unpaired) electrons. The molecule has 3 aromatic rings. The summed E-state index contributed by atoms with van der Waals surface area (Å²) < 4.78 is 29.8. The van der Waals surface area contributed by atoms with Crippen molar-refractivity contribution in [1.29, 1.82) is 5.26 Å². The normalized spacial score (nSPS) is 14.5. The van der Waals surface area contributed by atoms with E-state index in [0.717, 1.165) is 37.8 Å². The van der Waals surface area contributed by atoms with Crippen molar-refractivity contribution in [2.45, 2.75) is 51.7 Å². The number of aliphatic hydroxyl groups excluding tert-OH is 1. The molecule has 2 aromatic carbocycles. The highest BCUT2D eigenvalue weighted by Gasteiger charge is 2.35. The molecule has 1 aromatic heterocycles. The van der Waals surface area contributed by atoms with Crippen LogP contribution in [0.5, 0.6) is 0 Å². The summed E-state index contributed by atoms with van der Waals surface area (Å²) in [6, 6.07) is 9.75. The number of aromatic nitrogens is 2. The second-order valence-corrected chi connectivity index (χ2v) is 9.54. The lowest BCUT2D eigenvalue weighted by molar-refractivity contribution is -0.115. The van der Waals surface area contributed by atoms with E-state index in [2.05, 4.69) is 35.2 Å². The molecular formula is C30H30F2N4O3. The van der Waals surface area contributed by atoms with E-state index in [0.29, 0.717) is 18.0 Å². The third-order valence-corrected chi connectivity index (χ3v) is 7.18. The Balaban J connectivity index is 1.88. The van der Waals surface area contributed by atoms with E-state index in [1.54, 1.807) is 0 Å². The molecule has 1 unspecified atom stereocenters. The largest absolute Gasteiger partial charge is 0.364 e. The van der Waals surface area contributed by atoms with Crippen molar-refractivity contribution in [1.82, 2.24) is 9.97 Å². The van der Waals surface area contributed by atoms with Gasteiger partial charge in [0.1, 0.15) is 11.6 Å². The summed E-state index contributed by atoms with van der Waals surface area (Å²) in [4.78, 5) is 22.3. The highest BCUT2D eigenvalue weighted by atomic mass is 19.1. The molecule has 0 spiro atoms. The van der Waals surface area contributed by atoms with Gasteiger partial charge in [0.25, 0.3) is 0 Å². The number of nitrogens with one attached hydrogen (secondary N) is 1. The molecule has 0 aliphatic heterocycles. The zero-order valence-corrected chi connectivity index (χ0v) is 21.8. The standard InChI is InChI=1S/C30H30F2N4O3/c1-3-17(4-2)7-6-14-34-30-35-27(21-15-18(29(38)39)10-11-19(21)16-33)20-12-13-24(37)26(28(20)36-30)25-22(31)8-5-9-23(25)32/h5,8-13,15,17,26,29,38-39H,3-4,6-7,14H2,1-2H3,(H,34,35,36). The minimum Gasteiger partial charge on any atom is -0.364 e. The lowest BCUT2D eigenvalue weighted by Gasteiger charge is -2.24. The molecule has 1 aliphatic carbocycles. The number of nitriles is 1. The lowest BCUT2D eigenvalue weighted by atomic mass is 9.82. The Morgan fingerprint density at radius 1 is 1.08 bits per heavy atom. The van der Waals surface area contributed by atoms with Crippen molar-refractivity contribution in [3.05, 3.63) is 82.1 Å². The van der Waals surface area contributed by atoms with Crippen LogP contribution in [0, 0.1) is 28.9 Å². The quantitative estimate of drug-likeness (QED) is 0.229. The molecule has 9 heteroatoms. The van der Waals surface area contributed by atoms with E-state index < -0.39 is 35.2 Å². The first-order valence-electron chi connectivity index (χ1n) is 13.0. The Morgan fingerprint density at radius 3 is 2.44 bits per heavy atom. The minimum absolute atomic E-state index is 0.0952. The number of rotatable bonds is 10. The van der Waals surface area contributed by atoms with Crippen LogP contribution in [0.4, 0.5) is 14.7 Å². The van der Waals surface area contributed by atoms with Gasteiger partial charge < -0.3 is 15.5 Å². The smallest absolute Gasteiger partial charge is 0.223 e. The molecule has 0 saturated heterocycles. The summed E-state index contributed by atoms with van der Waals surface area (Å²) in [6.07, 6.45) is 4.86. The van der Waals surface area contributed by atoms with Gasteiger partial charge in [-0.05, 0) is 55.2 Å². The van der Waals surface area contributed by atoms with Crippen molar-refractivity contribution in [3.8, 4) is 17.3 Å². The van der Waals surface area contributed by atoms with Crippen LogP contribution in [-0.4, -0.2) is 32.5 Å². The van der Waals surface area contributed by atoms with Gasteiger partial charge in [-0.1, -0.05) is 38.8 Å². The molecule has 202 valence electrons. The maximum Gasteiger partial charge on any atom is 0.223 e. The summed E-state index contributed by atoms with van der Waals surface area (Å²) in [7, 11) is 0. The zero-order valence-electron chi connectivity index (χ0n) is 21.8. The molecule has 3 N–H and O–H groups in total. The summed E-state index contributed by atoms with van der Waals surface area (Å²) in [5.74, 6) is -2.94. The second kappa shape index (κ2) is 12.2. The summed E-state index contributed by atoms with van der Waals surface area (Å²) in [6.45, 7) is 4.83. The van der Waals surface area contributed by atoms with Gasteiger partial charge in [-0.25, -0.2) is 18.7 Å². The van der Waals surface area contributed by atoms with Crippen LogP contribution in [-0.2, 0) is 4.79 Å². The van der Waals surface area contributed by atoms with Gasteiger partial charge >= 0.3 is 0 Å². The number of aliphatic hydroxyl groups is 2. The third kappa shape index (κ3) is 5.87. The monoisotopic (exact) mass is 532 g/mol. The first-order chi connectivity index (χ1) is 18.8. The third-order valence-electron chi connectivity index (χ3n) is 7.18. The van der Waals surface area contributed by atoms with Gasteiger partial charge in [-0.3, -0.25) is 4.79 Å². The number of allylic oxidation sites excluding steroid dienone is 1. The summed E-state index contributed by atoms with van der Waals surface area (Å²) in [5, 5.41) is 32.5. The number of hydrogen-bond donors (Lipinski definition) is 3. The van der Waals surface area contributed by atoms with Crippen molar-refractivity contribution >= 4 is 17.8 Å². The molecule has 1 atom stereocenters. The molecule has 7 nitrogen and oxygen atoms in total. The number of benzene rings is 2. The zero-order chi connectivity index (χ0) is 28.1. The van der Waals surface area contributed by atoms with E-state index in [9.17, 15) is 29.1 Å². The average molecular weight is 533 g/mol. The number of ketones is 1. The Labute approximate surface area is 225 Å². The molecule has 0 bridgehead atoms. The highest BCUT2D eigenvalue weighted by Crippen LogP contribution is 2.40. The van der Waals surface area contributed by atoms with E-state index >= 15 is 0 Å². The first kappa shape index (κ1) is 28.0. The Morgan fingerprint density at radius 2 is 1.79 bits per heavy atom. The number of hydrogen-bond acceptors (Lipinski definition) is 7. The van der Waals surface area contributed by atoms with Crippen LogP contribution in [0.15, 0.2) is 42.5 Å². The van der Waals surface area contributed by atoms with Crippen LogP contribution < -0.4 is 5.32 Å². The summed E-state index contributed by atoms with van der Waals surface area (Å²) in [5.41, 5.74) is 0.810. The van der Waals surface area contributed by atoms with Gasteiger partial charge in [-0.15, -0.1) is 0 Å². The first-order valence-corrected chi connectivity index (χ1v) is 13.0. The van der Waals surface area contributed by atoms with Gasteiger partial charge in [0.05, 0.1) is 28.9 Å². The molecule has 0 saturated carbocycles. The molecule has 39 heavy (non-hydrogen) atoms. The molecular weight excluding hydrogens is 502 g/mol. The lowest BCUT2D eigenvalue weighted by Crippen LogP contribution is -2.22. The molecule has 4 rings (SSSR count). The van der Waals surface area contributed by atoms with E-state index in [4.69, 9.17) is 0 Å². The highest BCUT2D eigenvalue weighted by molar-refractivity contribution is 6.05. The molecule has 1 aliphatic rings. The topological polar surface area (TPSA) is 119 Å². The van der Waals surface area contributed by atoms with Crippen molar-refractivity contribution in [3.63, 3.8) is 0 Å². The predicted molar refractivity (Wildman–Crippen MR) is 143 cm³/mol. The Bertz CT molecular complexity index is 1420. The fourth-order valence-corrected chi connectivity index (χ4v) is 4.92. The maximum atomic E-state index is 14.9. The Kier molecular flexibility index (Phi) is 8.79. The van der Waals surface area contributed by atoms with Crippen LogP contribution in [0.25, 0.3) is 17.3 Å². The van der Waals surface area contributed by atoms with Crippen LogP contribution in [0.3, 0.4) is 0 Å². The fraction of sp³-hybridized carbons (Fsp3) is 0.333. The van der Waals surface area contributed by atoms with E-state index in [-0.39, 0.29) is 34.0 Å². The Hall–Kier alpha value is -4.00. The number of halogens is 2. The van der Waals surface area contributed by atoms with Crippen molar-refractivity contribution in [2.75, 3.05) is 11.9 Å². The van der Waals surface area contributed by atoms with Crippen LogP contribution >= 0.6 is 0 Å². The molecule has 0 fully saturated rings. The predicted octanol–water partition coefficient (Wildman–Crippen LogP) is 5.63. The van der Waals surface area contributed by atoms with Gasteiger partial charge in [0, 0.05) is 28.8 Å². The van der Waals surface area contributed by atoms with E-state index in [1.807, 2.05) is 0 Å². The van der Waals surface area contributed by atoms with Gasteiger partial charge in [0.15, 0.2) is 12.1 Å². The maximum absolute atomic E-state index is 14.9. The number of fused-ring (bicyclic) bond motifs is 1. The van der Waals surface area contributed by atoms with Crippen molar-refractivity contribution in [2.24, 2.45) is 5.92 Å².